The number of fused-ring (bicyclic) bond motifs is 1. The number of thioether (sulfide) groups is 1. The number of hydrogen-bond acceptors (Lipinski definition) is 6. The summed E-state index contributed by atoms with van der Waals surface area (Å²) in [6, 6.07) is 8.65. The number of aromatic nitrogens is 2. The third kappa shape index (κ3) is 4.53. The molecule has 1 aromatic heterocycles. The zero-order valence-corrected chi connectivity index (χ0v) is 15.0. The fraction of sp³-hybridized carbons (Fsp3) is 0.176. The van der Waals surface area contributed by atoms with Crippen LogP contribution in [0.2, 0.25) is 0 Å². The predicted molar refractivity (Wildman–Crippen MR) is 99.7 cm³/mol. The van der Waals surface area contributed by atoms with Crippen LogP contribution in [0.5, 0.6) is 5.75 Å². The highest BCUT2D eigenvalue weighted by atomic mass is 32.2. The fourth-order valence-electron chi connectivity index (χ4n) is 2.35. The maximum Gasteiger partial charge on any atom is 0.306 e. The average molecular weight is 390 g/mol. The van der Waals surface area contributed by atoms with Gasteiger partial charge in [-0.2, -0.15) is 4.39 Å². The van der Waals surface area contributed by atoms with Gasteiger partial charge in [-0.3, -0.25) is 14.9 Å². The molecule has 0 fully saturated rings. The molecule has 140 valence electrons. The Morgan fingerprint density at radius 3 is 2.93 bits per heavy atom. The number of H-pyrrole nitrogens is 1. The van der Waals surface area contributed by atoms with E-state index in [1.807, 2.05) is 25.1 Å². The summed E-state index contributed by atoms with van der Waals surface area (Å²) in [6.07, 6.45) is 0. The van der Waals surface area contributed by atoms with Crippen molar-refractivity contribution in [3.8, 4) is 5.75 Å². The number of halogens is 1. The van der Waals surface area contributed by atoms with E-state index in [-0.39, 0.29) is 11.4 Å². The fourth-order valence-corrected chi connectivity index (χ4v) is 3.04. The van der Waals surface area contributed by atoms with Gasteiger partial charge in [0.2, 0.25) is 11.7 Å². The minimum absolute atomic E-state index is 0.0311. The maximum absolute atomic E-state index is 13.3. The van der Waals surface area contributed by atoms with E-state index in [0.717, 1.165) is 28.9 Å². The molecule has 0 spiro atoms. The summed E-state index contributed by atoms with van der Waals surface area (Å²) in [4.78, 5) is 29.4. The van der Waals surface area contributed by atoms with Crippen LogP contribution in [0, 0.1) is 15.9 Å². The number of hydrogen-bond donors (Lipinski definition) is 2. The molecule has 27 heavy (non-hydrogen) atoms. The molecule has 3 aromatic rings. The SMILES string of the molecule is CCOc1ccc2nc(SCC(=O)Nc3ccc(F)c([N+](=O)[O-])c3)[nH]c2c1. The lowest BCUT2D eigenvalue weighted by atomic mass is 10.2. The van der Waals surface area contributed by atoms with Crippen LogP contribution in [0.25, 0.3) is 11.0 Å². The van der Waals surface area contributed by atoms with Crippen molar-refractivity contribution in [1.82, 2.24) is 9.97 Å². The van der Waals surface area contributed by atoms with Crippen LogP contribution in [-0.2, 0) is 4.79 Å². The van der Waals surface area contributed by atoms with Crippen molar-refractivity contribution >= 4 is 40.1 Å². The van der Waals surface area contributed by atoms with E-state index >= 15 is 0 Å². The summed E-state index contributed by atoms with van der Waals surface area (Å²) in [5, 5.41) is 13.8. The Bertz CT molecular complexity index is 1010. The van der Waals surface area contributed by atoms with Gasteiger partial charge in [0.1, 0.15) is 5.75 Å². The van der Waals surface area contributed by atoms with Crippen molar-refractivity contribution in [3.63, 3.8) is 0 Å². The van der Waals surface area contributed by atoms with E-state index in [2.05, 4.69) is 15.3 Å². The Hall–Kier alpha value is -3.14. The Balaban J connectivity index is 1.63. The summed E-state index contributed by atoms with van der Waals surface area (Å²) in [6.45, 7) is 2.45. The molecule has 2 aromatic carbocycles. The Kier molecular flexibility index (Phi) is 5.55. The molecule has 0 saturated carbocycles. The molecule has 1 heterocycles. The second-order valence-corrected chi connectivity index (χ2v) is 6.38. The summed E-state index contributed by atoms with van der Waals surface area (Å²) in [7, 11) is 0. The van der Waals surface area contributed by atoms with Gasteiger partial charge in [0.05, 0.1) is 28.3 Å². The van der Waals surface area contributed by atoms with Crippen LogP contribution in [0.1, 0.15) is 6.92 Å². The van der Waals surface area contributed by atoms with E-state index in [4.69, 9.17) is 4.74 Å². The lowest BCUT2D eigenvalue weighted by molar-refractivity contribution is -0.387. The first-order valence-electron chi connectivity index (χ1n) is 7.95. The van der Waals surface area contributed by atoms with E-state index in [9.17, 15) is 19.3 Å². The standard InChI is InChI=1S/C17H15FN4O4S/c1-2-26-11-4-6-13-14(8-11)21-17(20-13)27-9-16(23)19-10-3-5-12(18)15(7-10)22(24)25/h3-8H,2,9H2,1H3,(H,19,23)(H,20,21). The largest absolute Gasteiger partial charge is 0.494 e. The van der Waals surface area contributed by atoms with Crippen LogP contribution >= 0.6 is 11.8 Å². The molecule has 0 radical (unpaired) electrons. The number of benzene rings is 2. The van der Waals surface area contributed by atoms with Gasteiger partial charge in [-0.25, -0.2) is 4.98 Å². The molecule has 0 aliphatic heterocycles. The van der Waals surface area contributed by atoms with Crippen molar-refractivity contribution in [2.24, 2.45) is 0 Å². The van der Waals surface area contributed by atoms with Gasteiger partial charge in [0, 0.05) is 17.8 Å². The second kappa shape index (κ2) is 8.04. The first kappa shape index (κ1) is 18.6. The van der Waals surface area contributed by atoms with Crippen molar-refractivity contribution in [2.75, 3.05) is 17.7 Å². The van der Waals surface area contributed by atoms with Crippen molar-refractivity contribution in [3.05, 3.63) is 52.3 Å². The maximum atomic E-state index is 13.3. The molecule has 0 unspecified atom stereocenters. The summed E-state index contributed by atoms with van der Waals surface area (Å²) < 4.78 is 18.8. The lowest BCUT2D eigenvalue weighted by Crippen LogP contribution is -2.14. The number of rotatable bonds is 7. The topological polar surface area (TPSA) is 110 Å². The van der Waals surface area contributed by atoms with Gasteiger partial charge in [-0.1, -0.05) is 11.8 Å². The Morgan fingerprint density at radius 1 is 1.37 bits per heavy atom. The summed E-state index contributed by atoms with van der Waals surface area (Å²) in [5.41, 5.74) is 0.996. The highest BCUT2D eigenvalue weighted by molar-refractivity contribution is 7.99. The third-order valence-corrected chi connectivity index (χ3v) is 4.38. The smallest absolute Gasteiger partial charge is 0.306 e. The number of ether oxygens (including phenoxy) is 1. The molecular formula is C17H15FN4O4S. The molecule has 2 N–H and O–H groups in total. The molecule has 0 aliphatic carbocycles. The molecular weight excluding hydrogens is 375 g/mol. The van der Waals surface area contributed by atoms with Gasteiger partial charge in [0.15, 0.2) is 5.16 Å². The molecule has 1 amide bonds. The zero-order chi connectivity index (χ0) is 19.4. The highest BCUT2D eigenvalue weighted by Crippen LogP contribution is 2.24. The predicted octanol–water partition coefficient (Wildman–Crippen LogP) is 3.74. The molecule has 3 rings (SSSR count). The molecule has 0 bridgehead atoms. The van der Waals surface area contributed by atoms with E-state index < -0.39 is 22.3 Å². The molecule has 8 nitrogen and oxygen atoms in total. The molecule has 0 aliphatic rings. The van der Waals surface area contributed by atoms with Gasteiger partial charge in [0.25, 0.3) is 0 Å². The van der Waals surface area contributed by atoms with Gasteiger partial charge in [-0.05, 0) is 31.2 Å². The van der Waals surface area contributed by atoms with Crippen molar-refractivity contribution < 1.29 is 18.8 Å². The first-order valence-corrected chi connectivity index (χ1v) is 8.94. The number of nitro groups is 1. The number of anilines is 1. The second-order valence-electron chi connectivity index (χ2n) is 5.41. The number of nitro benzene ring substituents is 1. The minimum Gasteiger partial charge on any atom is -0.494 e. The average Bonchev–Trinajstić information content (AvgIpc) is 3.04. The number of imidazole rings is 1. The van der Waals surface area contributed by atoms with Crippen LogP contribution in [-0.4, -0.2) is 33.2 Å². The third-order valence-electron chi connectivity index (χ3n) is 3.51. The Labute approximate surface area is 157 Å². The summed E-state index contributed by atoms with van der Waals surface area (Å²) >= 11 is 1.18. The quantitative estimate of drug-likeness (QED) is 0.361. The highest BCUT2D eigenvalue weighted by Gasteiger charge is 2.15. The van der Waals surface area contributed by atoms with Crippen LogP contribution < -0.4 is 10.1 Å². The van der Waals surface area contributed by atoms with E-state index in [1.54, 1.807) is 0 Å². The zero-order valence-electron chi connectivity index (χ0n) is 14.2. The number of nitrogens with zero attached hydrogens (tertiary/aromatic N) is 2. The molecule has 0 atom stereocenters. The van der Waals surface area contributed by atoms with Crippen molar-refractivity contribution in [1.29, 1.82) is 0 Å². The number of carbonyl (C=O) groups excluding carboxylic acids is 1. The van der Waals surface area contributed by atoms with E-state index in [0.29, 0.717) is 11.8 Å². The monoisotopic (exact) mass is 390 g/mol. The first-order chi connectivity index (χ1) is 13.0. The summed E-state index contributed by atoms with van der Waals surface area (Å²) in [5.74, 6) is -0.596. The lowest BCUT2D eigenvalue weighted by Gasteiger charge is -2.04. The minimum atomic E-state index is -0.957. The van der Waals surface area contributed by atoms with Gasteiger partial charge >= 0.3 is 5.69 Å². The number of amides is 1. The van der Waals surface area contributed by atoms with Crippen LogP contribution in [0.3, 0.4) is 0 Å². The molecule has 10 heteroatoms. The Morgan fingerprint density at radius 2 is 2.19 bits per heavy atom. The normalized spacial score (nSPS) is 10.7. The molecule has 0 saturated heterocycles. The number of carbonyl (C=O) groups is 1. The number of nitrogens with one attached hydrogen (secondary N) is 2. The van der Waals surface area contributed by atoms with Crippen LogP contribution in [0.15, 0.2) is 41.6 Å². The van der Waals surface area contributed by atoms with Crippen molar-refractivity contribution in [2.45, 2.75) is 12.1 Å². The van der Waals surface area contributed by atoms with E-state index in [1.165, 1.54) is 17.8 Å². The van der Waals surface area contributed by atoms with Crippen LogP contribution in [0.4, 0.5) is 15.8 Å². The van der Waals surface area contributed by atoms with Gasteiger partial charge < -0.3 is 15.0 Å². The number of aromatic amines is 1. The van der Waals surface area contributed by atoms with Gasteiger partial charge in [-0.15, -0.1) is 0 Å².